The van der Waals surface area contributed by atoms with Gasteiger partial charge in [-0.05, 0) is 24.1 Å². The molecule has 24 heavy (non-hydrogen) atoms. The van der Waals surface area contributed by atoms with Gasteiger partial charge < -0.3 is 14.8 Å². The number of fused-ring (bicyclic) bond motifs is 2. The van der Waals surface area contributed by atoms with Crippen molar-refractivity contribution in [3.05, 3.63) is 34.9 Å². The Balaban J connectivity index is 0.00000104. The van der Waals surface area contributed by atoms with E-state index in [0.717, 1.165) is 44.8 Å². The molecule has 0 saturated carbocycles. The van der Waals surface area contributed by atoms with Crippen molar-refractivity contribution < 1.29 is 14.3 Å². The Bertz CT molecular complexity index is 599. The lowest BCUT2D eigenvalue weighted by molar-refractivity contribution is -0.0718. The molecule has 2 fully saturated rings. The molecule has 7 heteroatoms. The topological polar surface area (TPSA) is 50.8 Å². The molecule has 3 aliphatic heterocycles. The number of morpholine rings is 1. The van der Waals surface area contributed by atoms with Crippen LogP contribution in [-0.4, -0.2) is 55.8 Å². The molecule has 0 spiro atoms. The first-order valence-electron chi connectivity index (χ1n) is 8.11. The number of ether oxygens (including phenoxy) is 2. The number of nitrogens with zero attached hydrogens (tertiary/aromatic N) is 1. The van der Waals surface area contributed by atoms with E-state index in [1.54, 1.807) is 0 Å². The molecule has 3 heterocycles. The zero-order valence-electron chi connectivity index (χ0n) is 13.7. The number of benzene rings is 1. The van der Waals surface area contributed by atoms with Crippen molar-refractivity contribution in [1.29, 1.82) is 0 Å². The second-order valence-corrected chi connectivity index (χ2v) is 6.51. The highest BCUT2D eigenvalue weighted by atomic mass is 35.5. The van der Waals surface area contributed by atoms with E-state index in [4.69, 9.17) is 9.47 Å². The number of hydrogen-bond acceptors (Lipinski definition) is 5. The average molecular weight is 375 g/mol. The highest BCUT2D eigenvalue weighted by Crippen LogP contribution is 2.29. The van der Waals surface area contributed by atoms with Gasteiger partial charge in [0.2, 0.25) is 0 Å². The Hall–Kier alpha value is -0.850. The van der Waals surface area contributed by atoms with E-state index in [2.05, 4.69) is 16.3 Å². The highest BCUT2D eigenvalue weighted by molar-refractivity contribution is 5.92. The number of rotatable bonds is 1. The first kappa shape index (κ1) is 19.5. The summed E-state index contributed by atoms with van der Waals surface area (Å²) < 4.78 is 11.4. The fraction of sp³-hybridized carbons (Fsp3) is 0.588. The molecule has 1 unspecified atom stereocenters. The van der Waals surface area contributed by atoms with E-state index in [1.807, 2.05) is 19.1 Å². The maximum atomic E-state index is 11.9. The molecule has 4 rings (SSSR count). The van der Waals surface area contributed by atoms with E-state index < -0.39 is 0 Å². The molecular weight excluding hydrogens is 351 g/mol. The van der Waals surface area contributed by atoms with E-state index in [-0.39, 0.29) is 43.0 Å². The van der Waals surface area contributed by atoms with Gasteiger partial charge in [-0.25, -0.2) is 4.79 Å². The second kappa shape index (κ2) is 8.02. The summed E-state index contributed by atoms with van der Waals surface area (Å²) in [5, 5.41) is 3.42. The van der Waals surface area contributed by atoms with E-state index >= 15 is 0 Å². The third-order valence-electron chi connectivity index (χ3n) is 4.90. The maximum absolute atomic E-state index is 11.9. The molecule has 0 aliphatic carbocycles. The molecule has 0 aromatic heterocycles. The van der Waals surface area contributed by atoms with Crippen LogP contribution in [0.3, 0.4) is 0 Å². The number of halogens is 2. The van der Waals surface area contributed by atoms with Gasteiger partial charge in [0.15, 0.2) is 0 Å². The van der Waals surface area contributed by atoms with Gasteiger partial charge in [-0.2, -0.15) is 0 Å². The first-order chi connectivity index (χ1) is 10.7. The molecule has 2 saturated heterocycles. The molecule has 0 bridgehead atoms. The zero-order valence-corrected chi connectivity index (χ0v) is 15.3. The SMILES string of the molecule is CC1Cc2cc([C@@H]3CN4CCNC[C@H]4CO3)ccc2C(=O)O1.Cl.Cl. The Kier molecular flexibility index (Phi) is 6.51. The minimum atomic E-state index is -0.202. The number of nitrogens with one attached hydrogen (secondary N) is 1. The molecule has 1 N–H and O–H groups in total. The summed E-state index contributed by atoms with van der Waals surface area (Å²) in [6, 6.07) is 6.55. The molecule has 5 nitrogen and oxygen atoms in total. The number of piperazine rings is 1. The molecule has 3 atom stereocenters. The van der Waals surface area contributed by atoms with Crippen molar-refractivity contribution in [1.82, 2.24) is 10.2 Å². The smallest absolute Gasteiger partial charge is 0.338 e. The Morgan fingerprint density at radius 3 is 2.96 bits per heavy atom. The van der Waals surface area contributed by atoms with Crippen molar-refractivity contribution in [2.75, 3.05) is 32.8 Å². The van der Waals surface area contributed by atoms with Crippen LogP contribution in [0.4, 0.5) is 0 Å². The number of carbonyl (C=O) groups is 1. The fourth-order valence-electron chi connectivity index (χ4n) is 3.68. The molecule has 1 aromatic carbocycles. The van der Waals surface area contributed by atoms with Gasteiger partial charge in [0.1, 0.15) is 6.10 Å². The van der Waals surface area contributed by atoms with Crippen LogP contribution in [0.15, 0.2) is 18.2 Å². The van der Waals surface area contributed by atoms with E-state index in [0.29, 0.717) is 11.6 Å². The third-order valence-corrected chi connectivity index (χ3v) is 4.90. The summed E-state index contributed by atoms with van der Waals surface area (Å²) in [5.41, 5.74) is 2.97. The minimum absolute atomic E-state index is 0. The van der Waals surface area contributed by atoms with Crippen molar-refractivity contribution in [2.45, 2.75) is 31.6 Å². The van der Waals surface area contributed by atoms with Crippen LogP contribution in [0.2, 0.25) is 0 Å². The summed E-state index contributed by atoms with van der Waals surface area (Å²) >= 11 is 0. The molecule has 0 amide bonds. The summed E-state index contributed by atoms with van der Waals surface area (Å²) in [6.07, 6.45) is 0.853. The van der Waals surface area contributed by atoms with Gasteiger partial charge in [-0.3, -0.25) is 4.90 Å². The lowest BCUT2D eigenvalue weighted by Crippen LogP contribution is -2.57. The number of cyclic esters (lactones) is 1. The van der Waals surface area contributed by atoms with E-state index in [9.17, 15) is 4.79 Å². The number of hydrogen-bond donors (Lipinski definition) is 1. The predicted molar refractivity (Wildman–Crippen MR) is 96.4 cm³/mol. The molecular formula is C17H24Cl2N2O3. The van der Waals surface area contributed by atoms with Crippen LogP contribution >= 0.6 is 24.8 Å². The van der Waals surface area contributed by atoms with Gasteiger partial charge in [-0.15, -0.1) is 24.8 Å². The quantitative estimate of drug-likeness (QED) is 0.761. The molecule has 1 aromatic rings. The van der Waals surface area contributed by atoms with Crippen molar-refractivity contribution >= 4 is 30.8 Å². The summed E-state index contributed by atoms with van der Waals surface area (Å²) in [5.74, 6) is -0.202. The minimum Gasteiger partial charge on any atom is -0.459 e. The Labute approximate surface area is 154 Å². The van der Waals surface area contributed by atoms with Crippen molar-refractivity contribution in [3.63, 3.8) is 0 Å². The molecule has 0 radical (unpaired) electrons. The van der Waals surface area contributed by atoms with Crippen molar-refractivity contribution in [3.8, 4) is 0 Å². The maximum Gasteiger partial charge on any atom is 0.338 e. The van der Waals surface area contributed by atoms with Gasteiger partial charge in [0, 0.05) is 38.6 Å². The van der Waals surface area contributed by atoms with Gasteiger partial charge in [-0.1, -0.05) is 12.1 Å². The van der Waals surface area contributed by atoms with Gasteiger partial charge >= 0.3 is 5.97 Å². The standard InChI is InChI=1S/C17H22N2O3.2ClH/c1-11-6-13-7-12(2-3-15(13)17(20)22-11)16-9-19-5-4-18-8-14(19)10-21-16;;/h2-3,7,11,14,16,18H,4-6,8-10H2,1H3;2*1H/t11?,14-,16-;;/m0../s1. The lowest BCUT2D eigenvalue weighted by atomic mass is 9.94. The average Bonchev–Trinajstić information content (AvgIpc) is 2.53. The number of esters is 1. The van der Waals surface area contributed by atoms with Gasteiger partial charge in [0.05, 0.1) is 18.3 Å². The first-order valence-corrected chi connectivity index (χ1v) is 8.11. The Morgan fingerprint density at radius 1 is 1.29 bits per heavy atom. The largest absolute Gasteiger partial charge is 0.459 e. The number of carbonyl (C=O) groups excluding carboxylic acids is 1. The zero-order chi connectivity index (χ0) is 15.1. The monoisotopic (exact) mass is 374 g/mol. The third kappa shape index (κ3) is 3.70. The summed E-state index contributed by atoms with van der Waals surface area (Å²) in [7, 11) is 0. The summed E-state index contributed by atoms with van der Waals surface area (Å²) in [6.45, 7) is 6.80. The summed E-state index contributed by atoms with van der Waals surface area (Å²) in [4.78, 5) is 14.4. The van der Waals surface area contributed by atoms with Crippen LogP contribution in [0.5, 0.6) is 0 Å². The normalized spacial score (nSPS) is 29.4. The lowest BCUT2D eigenvalue weighted by Gasteiger charge is -2.42. The van der Waals surface area contributed by atoms with Gasteiger partial charge in [0.25, 0.3) is 0 Å². The Morgan fingerprint density at radius 2 is 2.12 bits per heavy atom. The van der Waals surface area contributed by atoms with Crippen LogP contribution in [-0.2, 0) is 15.9 Å². The van der Waals surface area contributed by atoms with Crippen LogP contribution in [0, 0.1) is 0 Å². The van der Waals surface area contributed by atoms with Crippen LogP contribution < -0.4 is 5.32 Å². The fourth-order valence-corrected chi connectivity index (χ4v) is 3.68. The van der Waals surface area contributed by atoms with Crippen LogP contribution in [0.1, 0.15) is 34.5 Å². The highest BCUT2D eigenvalue weighted by Gasteiger charge is 2.32. The predicted octanol–water partition coefficient (Wildman–Crippen LogP) is 1.98. The second-order valence-electron chi connectivity index (χ2n) is 6.51. The van der Waals surface area contributed by atoms with Crippen molar-refractivity contribution in [2.24, 2.45) is 0 Å². The molecule has 3 aliphatic rings. The van der Waals surface area contributed by atoms with Crippen LogP contribution in [0.25, 0.3) is 0 Å². The molecule has 134 valence electrons. The van der Waals surface area contributed by atoms with E-state index in [1.165, 1.54) is 5.56 Å².